The van der Waals surface area contributed by atoms with E-state index < -0.39 is 5.97 Å². The molecule has 6 heteroatoms. The van der Waals surface area contributed by atoms with Crippen molar-refractivity contribution in [1.82, 2.24) is 4.98 Å². The van der Waals surface area contributed by atoms with Crippen LogP contribution in [-0.2, 0) is 4.74 Å². The molecule has 0 bridgehead atoms. The average molecular weight is 335 g/mol. The predicted octanol–water partition coefficient (Wildman–Crippen LogP) is 2.88. The summed E-state index contributed by atoms with van der Waals surface area (Å²) in [6.07, 6.45) is 1.33. The van der Waals surface area contributed by atoms with Crippen LogP contribution >= 0.6 is 15.9 Å². The molecule has 5 nitrogen and oxygen atoms in total. The number of anilines is 1. The van der Waals surface area contributed by atoms with Gasteiger partial charge < -0.3 is 10.1 Å². The SMILES string of the molecule is COC(=O)c1ccc(C(=O)Nc2ccc(Br)cc2)cn1. The molecule has 0 fully saturated rings. The van der Waals surface area contributed by atoms with Gasteiger partial charge >= 0.3 is 5.97 Å². The molecule has 0 atom stereocenters. The Balaban J connectivity index is 2.09. The zero-order valence-corrected chi connectivity index (χ0v) is 12.2. The summed E-state index contributed by atoms with van der Waals surface area (Å²) in [7, 11) is 1.28. The van der Waals surface area contributed by atoms with Gasteiger partial charge in [-0.05, 0) is 36.4 Å². The van der Waals surface area contributed by atoms with Crippen molar-refractivity contribution >= 4 is 33.5 Å². The third-order valence-corrected chi connectivity index (χ3v) is 3.05. The quantitative estimate of drug-likeness (QED) is 0.876. The van der Waals surface area contributed by atoms with Crippen LogP contribution < -0.4 is 5.32 Å². The summed E-state index contributed by atoms with van der Waals surface area (Å²) in [6.45, 7) is 0. The van der Waals surface area contributed by atoms with Crippen LogP contribution in [0.3, 0.4) is 0 Å². The first-order valence-corrected chi connectivity index (χ1v) is 6.51. The first-order valence-electron chi connectivity index (χ1n) is 5.71. The summed E-state index contributed by atoms with van der Waals surface area (Å²) in [4.78, 5) is 27.1. The highest BCUT2D eigenvalue weighted by atomic mass is 79.9. The summed E-state index contributed by atoms with van der Waals surface area (Å²) >= 11 is 3.32. The van der Waals surface area contributed by atoms with Crippen LogP contribution in [-0.4, -0.2) is 24.0 Å². The molecule has 102 valence electrons. The third kappa shape index (κ3) is 3.42. The Bertz CT molecular complexity index is 624. The van der Waals surface area contributed by atoms with E-state index in [-0.39, 0.29) is 11.6 Å². The molecule has 1 aromatic heterocycles. The maximum atomic E-state index is 12.0. The Hall–Kier alpha value is -2.21. The van der Waals surface area contributed by atoms with Gasteiger partial charge in [0, 0.05) is 16.4 Å². The lowest BCUT2D eigenvalue weighted by atomic mass is 10.2. The number of methoxy groups -OCH3 is 1. The second-order valence-electron chi connectivity index (χ2n) is 3.88. The van der Waals surface area contributed by atoms with Crippen molar-refractivity contribution in [2.24, 2.45) is 0 Å². The largest absolute Gasteiger partial charge is 0.464 e. The Kier molecular flexibility index (Phi) is 4.47. The van der Waals surface area contributed by atoms with Gasteiger partial charge in [0.2, 0.25) is 0 Å². The molecule has 20 heavy (non-hydrogen) atoms. The lowest BCUT2D eigenvalue weighted by Gasteiger charge is -2.05. The van der Waals surface area contributed by atoms with Gasteiger partial charge in [-0.15, -0.1) is 0 Å². The molecule has 1 aromatic carbocycles. The van der Waals surface area contributed by atoms with Crippen molar-refractivity contribution in [2.75, 3.05) is 12.4 Å². The highest BCUT2D eigenvalue weighted by Gasteiger charge is 2.10. The number of carbonyl (C=O) groups excluding carboxylic acids is 2. The normalized spacial score (nSPS) is 9.90. The molecule has 0 saturated carbocycles. The fourth-order valence-corrected chi connectivity index (χ4v) is 1.75. The summed E-state index contributed by atoms with van der Waals surface area (Å²) < 4.78 is 5.47. The Labute approximate surface area is 124 Å². The number of amides is 1. The molecule has 1 N–H and O–H groups in total. The second-order valence-corrected chi connectivity index (χ2v) is 4.80. The Morgan fingerprint density at radius 1 is 1.15 bits per heavy atom. The molecule has 0 aliphatic carbocycles. The second kappa shape index (κ2) is 6.29. The molecule has 0 unspecified atom stereocenters. The minimum atomic E-state index is -0.537. The van der Waals surface area contributed by atoms with Crippen LogP contribution in [0.15, 0.2) is 47.1 Å². The van der Waals surface area contributed by atoms with Crippen LogP contribution in [0.25, 0.3) is 0 Å². The lowest BCUT2D eigenvalue weighted by Crippen LogP contribution is -2.13. The van der Waals surface area contributed by atoms with Gasteiger partial charge in [-0.25, -0.2) is 9.78 Å². The minimum absolute atomic E-state index is 0.160. The third-order valence-electron chi connectivity index (χ3n) is 2.52. The maximum Gasteiger partial charge on any atom is 0.356 e. The van der Waals surface area contributed by atoms with Crippen molar-refractivity contribution < 1.29 is 14.3 Å². The van der Waals surface area contributed by atoms with Crippen LogP contribution in [0.1, 0.15) is 20.8 Å². The molecule has 2 rings (SSSR count). The number of aromatic nitrogens is 1. The molecular weight excluding hydrogens is 324 g/mol. The summed E-state index contributed by atoms with van der Waals surface area (Å²) in [6, 6.07) is 10.2. The molecule has 0 saturated heterocycles. The lowest BCUT2D eigenvalue weighted by molar-refractivity contribution is 0.0593. The average Bonchev–Trinajstić information content (AvgIpc) is 2.49. The first-order chi connectivity index (χ1) is 9.60. The van der Waals surface area contributed by atoms with E-state index in [1.54, 1.807) is 12.1 Å². The van der Waals surface area contributed by atoms with Crippen molar-refractivity contribution in [1.29, 1.82) is 0 Å². The van der Waals surface area contributed by atoms with Crippen LogP contribution in [0.2, 0.25) is 0 Å². The number of nitrogens with one attached hydrogen (secondary N) is 1. The Morgan fingerprint density at radius 3 is 2.40 bits per heavy atom. The van der Waals surface area contributed by atoms with E-state index >= 15 is 0 Å². The zero-order valence-electron chi connectivity index (χ0n) is 10.6. The fourth-order valence-electron chi connectivity index (χ4n) is 1.49. The van der Waals surface area contributed by atoms with E-state index in [4.69, 9.17) is 0 Å². The number of carbonyl (C=O) groups is 2. The van der Waals surface area contributed by atoms with E-state index in [1.165, 1.54) is 25.4 Å². The minimum Gasteiger partial charge on any atom is -0.464 e. The van der Waals surface area contributed by atoms with Gasteiger partial charge in [0.05, 0.1) is 12.7 Å². The van der Waals surface area contributed by atoms with E-state index in [9.17, 15) is 9.59 Å². The van der Waals surface area contributed by atoms with Crippen molar-refractivity contribution in [3.05, 3.63) is 58.3 Å². The van der Waals surface area contributed by atoms with Gasteiger partial charge in [-0.2, -0.15) is 0 Å². The van der Waals surface area contributed by atoms with Crippen molar-refractivity contribution in [3.63, 3.8) is 0 Å². The highest BCUT2D eigenvalue weighted by Crippen LogP contribution is 2.15. The van der Waals surface area contributed by atoms with Crippen LogP contribution in [0.4, 0.5) is 5.69 Å². The van der Waals surface area contributed by atoms with Gasteiger partial charge in [-0.3, -0.25) is 4.79 Å². The number of hydrogen-bond acceptors (Lipinski definition) is 4. The zero-order chi connectivity index (χ0) is 14.5. The number of pyridine rings is 1. The van der Waals surface area contributed by atoms with Gasteiger partial charge in [0.1, 0.15) is 5.69 Å². The summed E-state index contributed by atoms with van der Waals surface area (Å²) in [5.74, 6) is -0.832. The standard InChI is InChI=1S/C14H11BrN2O3/c1-20-14(19)12-7-2-9(8-16-12)13(18)17-11-5-3-10(15)4-6-11/h2-8H,1H3,(H,17,18). The van der Waals surface area contributed by atoms with E-state index in [0.717, 1.165) is 4.47 Å². The van der Waals surface area contributed by atoms with E-state index in [2.05, 4.69) is 31.0 Å². The topological polar surface area (TPSA) is 68.3 Å². The van der Waals surface area contributed by atoms with Crippen molar-refractivity contribution in [3.8, 4) is 0 Å². The molecule has 2 aromatic rings. The first kappa shape index (κ1) is 14.2. The molecule has 0 aliphatic rings. The van der Waals surface area contributed by atoms with Crippen LogP contribution in [0.5, 0.6) is 0 Å². The van der Waals surface area contributed by atoms with E-state index in [0.29, 0.717) is 11.3 Å². The molecule has 1 amide bonds. The fraction of sp³-hybridized carbons (Fsp3) is 0.0714. The number of esters is 1. The summed E-state index contributed by atoms with van der Waals surface area (Å²) in [5.41, 5.74) is 1.20. The van der Waals surface area contributed by atoms with Gasteiger partial charge in [-0.1, -0.05) is 15.9 Å². The number of benzene rings is 1. The number of hydrogen-bond donors (Lipinski definition) is 1. The Morgan fingerprint density at radius 2 is 1.85 bits per heavy atom. The molecule has 1 heterocycles. The number of rotatable bonds is 3. The smallest absolute Gasteiger partial charge is 0.356 e. The maximum absolute atomic E-state index is 12.0. The number of ether oxygens (including phenoxy) is 1. The molecular formula is C14H11BrN2O3. The number of halogens is 1. The molecule has 0 radical (unpaired) electrons. The van der Waals surface area contributed by atoms with Crippen molar-refractivity contribution in [2.45, 2.75) is 0 Å². The number of nitrogens with zero attached hydrogens (tertiary/aromatic N) is 1. The van der Waals surface area contributed by atoms with Crippen LogP contribution in [0, 0.1) is 0 Å². The van der Waals surface area contributed by atoms with Gasteiger partial charge in [0.25, 0.3) is 5.91 Å². The molecule has 0 aliphatic heterocycles. The highest BCUT2D eigenvalue weighted by molar-refractivity contribution is 9.10. The summed E-state index contributed by atoms with van der Waals surface area (Å²) in [5, 5.41) is 2.73. The molecule has 0 spiro atoms. The van der Waals surface area contributed by atoms with E-state index in [1.807, 2.05) is 12.1 Å². The monoisotopic (exact) mass is 334 g/mol. The predicted molar refractivity (Wildman–Crippen MR) is 77.7 cm³/mol. The van der Waals surface area contributed by atoms with Gasteiger partial charge in [0.15, 0.2) is 0 Å².